The van der Waals surface area contributed by atoms with E-state index in [1.165, 1.54) is 0 Å². The van der Waals surface area contributed by atoms with Crippen molar-refractivity contribution >= 4 is 5.91 Å². The summed E-state index contributed by atoms with van der Waals surface area (Å²) in [7, 11) is 0. The third-order valence-electron chi connectivity index (χ3n) is 2.96. The van der Waals surface area contributed by atoms with Gasteiger partial charge in [0.15, 0.2) is 5.60 Å². The molecule has 2 atom stereocenters. The molecule has 1 aliphatic heterocycles. The van der Waals surface area contributed by atoms with E-state index in [1.54, 1.807) is 6.92 Å². The minimum absolute atomic E-state index is 0.353. The Labute approximate surface area is 90.0 Å². The van der Waals surface area contributed by atoms with Gasteiger partial charge in [-0.1, -0.05) is 6.92 Å². The van der Waals surface area contributed by atoms with E-state index in [-0.39, 0.29) is 0 Å². The van der Waals surface area contributed by atoms with Crippen LogP contribution in [0.2, 0.25) is 0 Å². The normalized spacial score (nSPS) is 38.1. The molecule has 5 heteroatoms. The van der Waals surface area contributed by atoms with E-state index in [4.69, 9.17) is 10.5 Å². The Kier molecular flexibility index (Phi) is 3.70. The maximum Gasteiger partial charge on any atom is 0.251 e. The number of β-amino-alcohol motifs (C(OH)–C–C–N with tert-alkyl or cyclic N) is 1. The molecule has 1 saturated heterocycles. The summed E-state index contributed by atoms with van der Waals surface area (Å²) in [4.78, 5) is 11.3. The molecule has 15 heavy (non-hydrogen) atoms. The smallest absolute Gasteiger partial charge is 0.251 e. The number of hydrogen-bond donors (Lipinski definition) is 3. The van der Waals surface area contributed by atoms with Gasteiger partial charge in [-0.05, 0) is 13.3 Å². The van der Waals surface area contributed by atoms with Gasteiger partial charge in [0.1, 0.15) is 0 Å². The fourth-order valence-electron chi connectivity index (χ4n) is 1.70. The van der Waals surface area contributed by atoms with Crippen LogP contribution in [0, 0.1) is 0 Å². The largest absolute Gasteiger partial charge is 0.389 e. The molecular weight excluding hydrogens is 196 g/mol. The molecule has 0 aromatic heterocycles. The minimum Gasteiger partial charge on any atom is -0.389 e. The number of carbonyl (C=O) groups excluding carboxylic acids is 1. The first-order valence-corrected chi connectivity index (χ1v) is 5.29. The number of nitrogens with two attached hydrogens (primary N) is 1. The third-order valence-corrected chi connectivity index (χ3v) is 2.96. The molecule has 88 valence electrons. The minimum atomic E-state index is -0.920. The molecule has 5 nitrogen and oxygen atoms in total. The number of ether oxygens (including phenoxy) is 1. The van der Waals surface area contributed by atoms with Gasteiger partial charge in [0.2, 0.25) is 0 Å². The van der Waals surface area contributed by atoms with Crippen molar-refractivity contribution in [1.29, 1.82) is 0 Å². The second-order valence-electron chi connectivity index (χ2n) is 4.41. The lowest BCUT2D eigenvalue weighted by molar-refractivity contribution is -0.149. The van der Waals surface area contributed by atoms with Crippen molar-refractivity contribution in [2.75, 3.05) is 19.7 Å². The molecule has 0 spiro atoms. The van der Waals surface area contributed by atoms with Gasteiger partial charge in [0.25, 0.3) is 5.91 Å². The zero-order valence-corrected chi connectivity index (χ0v) is 9.38. The van der Waals surface area contributed by atoms with Crippen molar-refractivity contribution in [3.63, 3.8) is 0 Å². The molecule has 1 heterocycles. The molecule has 0 aliphatic carbocycles. The molecule has 1 amide bonds. The van der Waals surface area contributed by atoms with Gasteiger partial charge in [0, 0.05) is 19.5 Å². The zero-order chi connectivity index (χ0) is 11.5. The van der Waals surface area contributed by atoms with Gasteiger partial charge >= 0.3 is 0 Å². The Balaban J connectivity index is 2.68. The quantitative estimate of drug-likeness (QED) is 0.574. The average molecular weight is 216 g/mol. The van der Waals surface area contributed by atoms with Crippen molar-refractivity contribution in [1.82, 2.24) is 5.32 Å². The fraction of sp³-hybridized carbons (Fsp3) is 0.900. The lowest BCUT2D eigenvalue weighted by Gasteiger charge is -2.36. The number of primary amides is 1. The Hall–Kier alpha value is -0.650. The molecular formula is C10H20N2O3. The van der Waals surface area contributed by atoms with Gasteiger partial charge in [-0.3, -0.25) is 4.79 Å². The first-order chi connectivity index (χ1) is 6.92. The van der Waals surface area contributed by atoms with Gasteiger partial charge in [0.05, 0.1) is 12.2 Å². The van der Waals surface area contributed by atoms with Crippen LogP contribution in [0.25, 0.3) is 0 Å². The number of hydrogen-bond acceptors (Lipinski definition) is 4. The molecule has 0 radical (unpaired) electrons. The molecule has 2 unspecified atom stereocenters. The first-order valence-electron chi connectivity index (χ1n) is 5.29. The molecule has 0 aromatic carbocycles. The van der Waals surface area contributed by atoms with Crippen LogP contribution in [0.3, 0.4) is 0 Å². The van der Waals surface area contributed by atoms with Crippen LogP contribution in [0.5, 0.6) is 0 Å². The van der Waals surface area contributed by atoms with Gasteiger partial charge in [-0.2, -0.15) is 0 Å². The van der Waals surface area contributed by atoms with Crippen molar-refractivity contribution in [2.24, 2.45) is 5.73 Å². The molecule has 1 rings (SSSR count). The van der Waals surface area contributed by atoms with Gasteiger partial charge < -0.3 is 20.9 Å². The van der Waals surface area contributed by atoms with E-state index in [2.05, 4.69) is 5.32 Å². The van der Waals surface area contributed by atoms with E-state index in [0.717, 1.165) is 0 Å². The molecule has 0 bridgehead atoms. The summed E-state index contributed by atoms with van der Waals surface area (Å²) in [6, 6.07) is 0. The predicted octanol–water partition coefficient (Wildman–Crippen LogP) is -0.619. The SMILES string of the molecule is CCC1(C(N)=O)CNCC(C)(O)CCO1. The summed E-state index contributed by atoms with van der Waals surface area (Å²) in [5.74, 6) is -0.445. The van der Waals surface area contributed by atoms with Crippen molar-refractivity contribution in [2.45, 2.75) is 37.9 Å². The van der Waals surface area contributed by atoms with Crippen LogP contribution < -0.4 is 11.1 Å². The lowest BCUT2D eigenvalue weighted by atomic mass is 9.95. The molecule has 0 aromatic rings. The van der Waals surface area contributed by atoms with Crippen LogP contribution in [-0.4, -0.2) is 41.9 Å². The summed E-state index contributed by atoms with van der Waals surface area (Å²) < 4.78 is 5.52. The van der Waals surface area contributed by atoms with Gasteiger partial charge in [-0.25, -0.2) is 0 Å². The molecule has 1 aliphatic rings. The monoisotopic (exact) mass is 216 g/mol. The Bertz CT molecular complexity index is 229. The first kappa shape index (κ1) is 12.4. The third kappa shape index (κ3) is 2.90. The van der Waals surface area contributed by atoms with Crippen LogP contribution in [0.15, 0.2) is 0 Å². The van der Waals surface area contributed by atoms with E-state index in [0.29, 0.717) is 32.5 Å². The highest BCUT2D eigenvalue weighted by molar-refractivity contribution is 5.83. The fourth-order valence-corrected chi connectivity index (χ4v) is 1.70. The lowest BCUT2D eigenvalue weighted by Crippen LogP contribution is -2.57. The summed E-state index contributed by atoms with van der Waals surface area (Å²) in [5, 5.41) is 12.8. The molecule has 1 fully saturated rings. The highest BCUT2D eigenvalue weighted by atomic mass is 16.5. The predicted molar refractivity (Wildman–Crippen MR) is 56.3 cm³/mol. The topological polar surface area (TPSA) is 84.6 Å². The van der Waals surface area contributed by atoms with Crippen LogP contribution in [0.4, 0.5) is 0 Å². The molecule has 0 saturated carbocycles. The maximum absolute atomic E-state index is 11.3. The Morgan fingerprint density at radius 2 is 2.27 bits per heavy atom. The van der Waals surface area contributed by atoms with Crippen LogP contribution in [0.1, 0.15) is 26.7 Å². The number of amides is 1. The van der Waals surface area contributed by atoms with Crippen molar-refractivity contribution in [3.05, 3.63) is 0 Å². The van der Waals surface area contributed by atoms with Crippen molar-refractivity contribution < 1.29 is 14.6 Å². The van der Waals surface area contributed by atoms with Crippen LogP contribution in [-0.2, 0) is 9.53 Å². The van der Waals surface area contributed by atoms with E-state index < -0.39 is 17.1 Å². The van der Waals surface area contributed by atoms with E-state index in [1.807, 2.05) is 6.92 Å². The second-order valence-corrected chi connectivity index (χ2v) is 4.41. The molecule has 4 N–H and O–H groups in total. The summed E-state index contributed by atoms with van der Waals surface area (Å²) in [6.45, 7) is 4.77. The average Bonchev–Trinajstić information content (AvgIpc) is 2.11. The number of nitrogens with one attached hydrogen (secondary N) is 1. The Morgan fingerprint density at radius 3 is 2.80 bits per heavy atom. The number of carbonyl (C=O) groups is 1. The summed E-state index contributed by atoms with van der Waals surface area (Å²) in [6.07, 6.45) is 1.03. The second kappa shape index (κ2) is 4.47. The van der Waals surface area contributed by atoms with Crippen molar-refractivity contribution in [3.8, 4) is 0 Å². The number of rotatable bonds is 2. The zero-order valence-electron chi connectivity index (χ0n) is 9.38. The van der Waals surface area contributed by atoms with E-state index in [9.17, 15) is 9.90 Å². The number of aliphatic hydroxyl groups is 1. The summed E-state index contributed by atoms with van der Waals surface area (Å²) >= 11 is 0. The Morgan fingerprint density at radius 1 is 1.60 bits per heavy atom. The standard InChI is InChI=1S/C10H20N2O3/c1-3-10(8(11)13)7-12-6-9(2,14)4-5-15-10/h12,14H,3-7H2,1-2H3,(H2,11,13). The van der Waals surface area contributed by atoms with E-state index >= 15 is 0 Å². The van der Waals surface area contributed by atoms with Gasteiger partial charge in [-0.15, -0.1) is 0 Å². The van der Waals surface area contributed by atoms with Crippen LogP contribution >= 0.6 is 0 Å². The summed E-state index contributed by atoms with van der Waals surface area (Å²) in [5.41, 5.74) is 3.63. The maximum atomic E-state index is 11.3. The highest BCUT2D eigenvalue weighted by Crippen LogP contribution is 2.20. The highest BCUT2D eigenvalue weighted by Gasteiger charge is 2.38.